The first-order valence-electron chi connectivity index (χ1n) is 6.56. The summed E-state index contributed by atoms with van der Waals surface area (Å²) in [6.45, 7) is 3.72. The second-order valence-corrected chi connectivity index (χ2v) is 5.24. The highest BCUT2D eigenvalue weighted by atomic mass is 35.5. The smallest absolute Gasteiger partial charge is 0.244 e. The normalized spacial score (nSPS) is 13.0. The summed E-state index contributed by atoms with van der Waals surface area (Å²) in [5.41, 5.74) is 1.66. The molecule has 1 amide bonds. The number of benzene rings is 1. The van der Waals surface area contributed by atoms with Gasteiger partial charge in [-0.3, -0.25) is 4.79 Å². The van der Waals surface area contributed by atoms with E-state index < -0.39 is 0 Å². The molecule has 0 saturated carbocycles. The van der Waals surface area contributed by atoms with E-state index in [1.807, 2.05) is 39.1 Å². The van der Waals surface area contributed by atoms with E-state index in [-0.39, 0.29) is 11.9 Å². The average Bonchev–Trinajstić information content (AvgIpc) is 2.85. The van der Waals surface area contributed by atoms with E-state index in [4.69, 9.17) is 11.6 Å². The number of rotatable bonds is 4. The van der Waals surface area contributed by atoms with Crippen LogP contribution in [0.5, 0.6) is 0 Å². The molecule has 0 unspecified atom stereocenters. The second kappa shape index (κ2) is 6.54. The Hall–Kier alpha value is -2.14. The number of aryl methyl sites for hydroxylation is 1. The van der Waals surface area contributed by atoms with Crippen molar-refractivity contribution in [2.45, 2.75) is 19.9 Å². The Balaban J connectivity index is 2.09. The summed E-state index contributed by atoms with van der Waals surface area (Å²) in [6, 6.07) is 7.20. The molecule has 0 radical (unpaired) electrons. The van der Waals surface area contributed by atoms with Crippen molar-refractivity contribution in [3.8, 4) is 0 Å². The summed E-state index contributed by atoms with van der Waals surface area (Å²) in [5.74, 6) is 0.509. The highest BCUT2D eigenvalue weighted by Gasteiger charge is 2.13. The predicted octanol–water partition coefficient (Wildman–Crippen LogP) is 2.75. The maximum Gasteiger partial charge on any atom is 0.244 e. The van der Waals surface area contributed by atoms with Crippen LogP contribution in [-0.4, -0.2) is 20.7 Å². The molecule has 1 N–H and O–H groups in total. The van der Waals surface area contributed by atoms with E-state index in [1.165, 1.54) is 6.08 Å². The Labute approximate surface area is 128 Å². The summed E-state index contributed by atoms with van der Waals surface area (Å²) in [6.07, 6.45) is 3.14. The molecule has 2 rings (SSSR count). The third kappa shape index (κ3) is 3.70. The number of hydrogen-bond acceptors (Lipinski definition) is 3. The molecular formula is C15H17ClN4O. The van der Waals surface area contributed by atoms with Crippen molar-refractivity contribution < 1.29 is 4.79 Å². The first kappa shape index (κ1) is 15.3. The van der Waals surface area contributed by atoms with Crippen LogP contribution in [0.4, 0.5) is 0 Å². The Bertz CT molecular complexity index is 678. The summed E-state index contributed by atoms with van der Waals surface area (Å²) < 4.78 is 1.77. The number of nitrogens with one attached hydrogen (secondary N) is 1. The van der Waals surface area contributed by atoms with Crippen LogP contribution in [0.1, 0.15) is 31.3 Å². The van der Waals surface area contributed by atoms with Gasteiger partial charge in [0.2, 0.25) is 5.91 Å². The molecule has 0 aliphatic carbocycles. The zero-order valence-electron chi connectivity index (χ0n) is 12.2. The zero-order chi connectivity index (χ0) is 15.4. The van der Waals surface area contributed by atoms with Crippen molar-refractivity contribution in [1.29, 1.82) is 0 Å². The fourth-order valence-electron chi connectivity index (χ4n) is 2.06. The minimum absolute atomic E-state index is 0.192. The predicted molar refractivity (Wildman–Crippen MR) is 82.7 cm³/mol. The van der Waals surface area contributed by atoms with E-state index in [9.17, 15) is 4.79 Å². The van der Waals surface area contributed by atoms with E-state index >= 15 is 0 Å². The summed E-state index contributed by atoms with van der Waals surface area (Å²) in [5, 5.41) is 11.3. The number of halogens is 1. The molecule has 1 aromatic heterocycles. The number of amides is 1. The first-order valence-corrected chi connectivity index (χ1v) is 6.94. The minimum atomic E-state index is -0.222. The molecule has 0 aliphatic rings. The molecule has 1 aromatic carbocycles. The van der Waals surface area contributed by atoms with Crippen LogP contribution in [0.3, 0.4) is 0 Å². The van der Waals surface area contributed by atoms with Gasteiger partial charge in [-0.1, -0.05) is 29.8 Å². The molecule has 0 bridgehead atoms. The quantitative estimate of drug-likeness (QED) is 0.884. The lowest BCUT2D eigenvalue weighted by Gasteiger charge is -2.12. The second-order valence-electron chi connectivity index (χ2n) is 4.84. The fourth-order valence-corrected chi connectivity index (χ4v) is 2.34. The van der Waals surface area contributed by atoms with Gasteiger partial charge < -0.3 is 9.88 Å². The van der Waals surface area contributed by atoms with Crippen LogP contribution in [0.15, 0.2) is 36.7 Å². The Morgan fingerprint density at radius 3 is 2.76 bits per heavy atom. The van der Waals surface area contributed by atoms with E-state index in [0.717, 1.165) is 11.1 Å². The number of nitrogens with zero attached hydrogens (tertiary/aromatic N) is 3. The Morgan fingerprint density at radius 1 is 1.43 bits per heavy atom. The van der Waals surface area contributed by atoms with Crippen molar-refractivity contribution in [2.24, 2.45) is 7.05 Å². The fraction of sp³-hybridized carbons (Fsp3) is 0.267. The van der Waals surface area contributed by atoms with Gasteiger partial charge in [0.15, 0.2) is 5.82 Å². The molecular weight excluding hydrogens is 288 g/mol. The lowest BCUT2D eigenvalue weighted by atomic mass is 10.1. The third-order valence-corrected chi connectivity index (χ3v) is 3.47. The number of carbonyl (C=O) groups excluding carboxylic acids is 1. The van der Waals surface area contributed by atoms with Gasteiger partial charge in [0.05, 0.1) is 6.04 Å². The molecule has 0 saturated heterocycles. The van der Waals surface area contributed by atoms with Gasteiger partial charge in [-0.15, -0.1) is 10.2 Å². The highest BCUT2D eigenvalue weighted by Crippen LogP contribution is 2.22. The molecule has 110 valence electrons. The highest BCUT2D eigenvalue weighted by molar-refractivity contribution is 6.32. The van der Waals surface area contributed by atoms with Crippen molar-refractivity contribution in [1.82, 2.24) is 20.1 Å². The monoisotopic (exact) mass is 304 g/mol. The van der Waals surface area contributed by atoms with Crippen molar-refractivity contribution >= 4 is 23.1 Å². The molecule has 1 heterocycles. The maximum atomic E-state index is 12.1. The topological polar surface area (TPSA) is 59.8 Å². The van der Waals surface area contributed by atoms with Gasteiger partial charge in [0.25, 0.3) is 0 Å². The summed E-state index contributed by atoms with van der Waals surface area (Å²) in [7, 11) is 1.84. The number of carbonyl (C=O) groups is 1. The standard InChI is InChI=1S/C15H17ClN4O/c1-10(12-6-4-5-7-13(12)16)8-14(21)18-11(2)15-19-17-9-20(15)3/h4-9,11H,1-3H3,(H,18,21)/b10-8-/t11-/m0/s1. The van der Waals surface area contributed by atoms with Crippen LogP contribution >= 0.6 is 11.6 Å². The van der Waals surface area contributed by atoms with Crippen LogP contribution in [-0.2, 0) is 11.8 Å². The number of aromatic nitrogens is 3. The van der Waals surface area contributed by atoms with Gasteiger partial charge in [0.1, 0.15) is 6.33 Å². The van der Waals surface area contributed by atoms with Gasteiger partial charge in [0, 0.05) is 18.1 Å². The largest absolute Gasteiger partial charge is 0.343 e. The van der Waals surface area contributed by atoms with Gasteiger partial charge >= 0.3 is 0 Å². The average molecular weight is 305 g/mol. The number of allylic oxidation sites excluding steroid dienone is 1. The summed E-state index contributed by atoms with van der Waals surface area (Å²) >= 11 is 6.12. The lowest BCUT2D eigenvalue weighted by Crippen LogP contribution is -2.26. The molecule has 21 heavy (non-hydrogen) atoms. The van der Waals surface area contributed by atoms with Gasteiger partial charge in [-0.2, -0.15) is 0 Å². The van der Waals surface area contributed by atoms with E-state index in [1.54, 1.807) is 17.0 Å². The molecule has 0 fully saturated rings. The number of hydrogen-bond donors (Lipinski definition) is 1. The molecule has 0 aliphatic heterocycles. The Morgan fingerprint density at radius 2 is 2.14 bits per heavy atom. The molecule has 1 atom stereocenters. The van der Waals surface area contributed by atoms with Gasteiger partial charge in [-0.05, 0) is 31.1 Å². The Kier molecular flexibility index (Phi) is 4.75. The first-order chi connectivity index (χ1) is 9.99. The molecule has 6 heteroatoms. The van der Waals surface area contributed by atoms with Gasteiger partial charge in [-0.25, -0.2) is 0 Å². The van der Waals surface area contributed by atoms with E-state index in [2.05, 4.69) is 15.5 Å². The molecule has 2 aromatic rings. The molecule has 0 spiro atoms. The SMILES string of the molecule is C/C(=C/C(=O)N[C@@H](C)c1nncn1C)c1ccccc1Cl. The summed E-state index contributed by atoms with van der Waals surface area (Å²) in [4.78, 5) is 12.1. The zero-order valence-corrected chi connectivity index (χ0v) is 12.9. The molecule has 5 nitrogen and oxygen atoms in total. The van der Waals surface area contributed by atoms with Crippen LogP contribution in [0, 0.1) is 0 Å². The van der Waals surface area contributed by atoms with Crippen LogP contribution in [0.2, 0.25) is 5.02 Å². The minimum Gasteiger partial charge on any atom is -0.343 e. The van der Waals surface area contributed by atoms with Crippen molar-refractivity contribution in [2.75, 3.05) is 0 Å². The van der Waals surface area contributed by atoms with Crippen LogP contribution in [0.25, 0.3) is 5.57 Å². The lowest BCUT2D eigenvalue weighted by molar-refractivity contribution is -0.117. The van der Waals surface area contributed by atoms with Crippen molar-refractivity contribution in [3.05, 3.63) is 53.1 Å². The van der Waals surface area contributed by atoms with E-state index in [0.29, 0.717) is 10.8 Å². The van der Waals surface area contributed by atoms with Crippen molar-refractivity contribution in [3.63, 3.8) is 0 Å². The third-order valence-electron chi connectivity index (χ3n) is 3.14. The maximum absolute atomic E-state index is 12.1. The van der Waals surface area contributed by atoms with Crippen LogP contribution < -0.4 is 5.32 Å².